The van der Waals surface area contributed by atoms with Crippen molar-refractivity contribution in [1.29, 1.82) is 0 Å². The van der Waals surface area contributed by atoms with E-state index < -0.39 is 29.3 Å². The molecule has 0 radical (unpaired) electrons. The topological polar surface area (TPSA) is 88.4 Å². The van der Waals surface area contributed by atoms with E-state index in [-0.39, 0.29) is 13.0 Å². The van der Waals surface area contributed by atoms with Crippen LogP contribution in [0.2, 0.25) is 10.0 Å². The number of likely N-dealkylation sites (tertiary alicyclic amines) is 1. The van der Waals surface area contributed by atoms with Crippen LogP contribution in [0.3, 0.4) is 0 Å². The number of amides is 1. The van der Waals surface area contributed by atoms with Gasteiger partial charge in [-0.25, -0.2) is 9.59 Å². The molecule has 1 aromatic carbocycles. The SMILES string of the molecule is CC(C)(C)OC(=O)N1CC2(CC(c3c(Cl)cccc3Cl)=NO2)C[C@H]1C(=O)O. The zero-order chi connectivity index (χ0) is 20.0. The Balaban J connectivity index is 1.83. The molecule has 0 aromatic heterocycles. The van der Waals surface area contributed by atoms with Crippen molar-refractivity contribution in [2.45, 2.75) is 50.9 Å². The summed E-state index contributed by atoms with van der Waals surface area (Å²) in [4.78, 5) is 31.0. The largest absolute Gasteiger partial charge is 0.480 e. The normalized spacial score (nSPS) is 24.7. The summed E-state index contributed by atoms with van der Waals surface area (Å²) in [6.07, 6.45) is -0.310. The van der Waals surface area contributed by atoms with Crippen molar-refractivity contribution in [2.24, 2.45) is 5.16 Å². The standard InChI is InChI=1S/C18H20Cl2N2O5/c1-17(2,3)26-16(25)22-9-18(8-13(22)15(23)24)7-12(21-27-18)14-10(19)5-4-6-11(14)20/h4-6,13H,7-9H2,1-3H3,(H,23,24)/t13-,18?/m0/s1. The number of carboxylic acids is 1. The molecule has 1 fully saturated rings. The van der Waals surface area contributed by atoms with Gasteiger partial charge in [0.15, 0.2) is 5.60 Å². The monoisotopic (exact) mass is 414 g/mol. The van der Waals surface area contributed by atoms with Crippen LogP contribution in [0.25, 0.3) is 0 Å². The van der Waals surface area contributed by atoms with Crippen LogP contribution in [0, 0.1) is 0 Å². The molecular formula is C18H20Cl2N2O5. The van der Waals surface area contributed by atoms with Crippen LogP contribution in [0.5, 0.6) is 0 Å². The molecule has 1 aromatic rings. The van der Waals surface area contributed by atoms with E-state index in [9.17, 15) is 14.7 Å². The second-order valence-corrected chi connectivity index (χ2v) is 8.57. The van der Waals surface area contributed by atoms with Crippen LogP contribution in [0.1, 0.15) is 39.2 Å². The zero-order valence-electron chi connectivity index (χ0n) is 15.2. The summed E-state index contributed by atoms with van der Waals surface area (Å²) in [7, 11) is 0. The van der Waals surface area contributed by atoms with Crippen LogP contribution >= 0.6 is 23.2 Å². The molecule has 1 unspecified atom stereocenters. The highest BCUT2D eigenvalue weighted by molar-refractivity contribution is 6.40. The van der Waals surface area contributed by atoms with Gasteiger partial charge in [0.1, 0.15) is 11.6 Å². The molecule has 1 saturated heterocycles. The highest BCUT2D eigenvalue weighted by atomic mass is 35.5. The van der Waals surface area contributed by atoms with E-state index in [0.29, 0.717) is 27.7 Å². The second-order valence-electron chi connectivity index (χ2n) is 7.75. The number of nitrogens with zero attached hydrogens (tertiary/aromatic N) is 2. The number of oxime groups is 1. The summed E-state index contributed by atoms with van der Waals surface area (Å²) in [5.41, 5.74) is -0.599. The van der Waals surface area contributed by atoms with Crippen LogP contribution in [0.15, 0.2) is 23.4 Å². The molecule has 9 heteroatoms. The predicted molar refractivity (Wildman–Crippen MR) is 100 cm³/mol. The smallest absolute Gasteiger partial charge is 0.411 e. The lowest BCUT2D eigenvalue weighted by atomic mass is 9.91. The number of hydrogen-bond donors (Lipinski definition) is 1. The first-order valence-corrected chi connectivity index (χ1v) is 9.19. The van der Waals surface area contributed by atoms with Gasteiger partial charge in [0, 0.05) is 18.4 Å². The molecule has 0 bridgehead atoms. The Morgan fingerprint density at radius 3 is 2.52 bits per heavy atom. The molecule has 7 nitrogen and oxygen atoms in total. The Kier molecular flexibility index (Phi) is 5.03. The fourth-order valence-corrected chi connectivity index (χ4v) is 3.92. The molecule has 1 amide bonds. The Hall–Kier alpha value is -1.99. The number of benzene rings is 1. The van der Waals surface area contributed by atoms with Crippen molar-refractivity contribution in [3.05, 3.63) is 33.8 Å². The van der Waals surface area contributed by atoms with Crippen molar-refractivity contribution < 1.29 is 24.3 Å². The Morgan fingerprint density at radius 2 is 1.96 bits per heavy atom. The number of carbonyl (C=O) groups is 2. The Labute approximate surface area is 166 Å². The van der Waals surface area contributed by atoms with E-state index in [4.69, 9.17) is 32.8 Å². The summed E-state index contributed by atoms with van der Waals surface area (Å²) in [6.45, 7) is 5.21. The lowest BCUT2D eigenvalue weighted by Crippen LogP contribution is -2.44. The van der Waals surface area contributed by atoms with Gasteiger partial charge in [-0.3, -0.25) is 4.90 Å². The quantitative estimate of drug-likeness (QED) is 0.790. The predicted octanol–water partition coefficient (Wildman–Crippen LogP) is 3.95. The van der Waals surface area contributed by atoms with Gasteiger partial charge in [0.2, 0.25) is 0 Å². The van der Waals surface area contributed by atoms with Gasteiger partial charge in [0.05, 0.1) is 22.3 Å². The highest BCUT2D eigenvalue weighted by Gasteiger charge is 2.55. The van der Waals surface area contributed by atoms with E-state index in [1.807, 2.05) is 0 Å². The van der Waals surface area contributed by atoms with Crippen molar-refractivity contribution in [3.63, 3.8) is 0 Å². The average molecular weight is 415 g/mol. The molecule has 0 saturated carbocycles. The van der Waals surface area contributed by atoms with Crippen molar-refractivity contribution in [3.8, 4) is 0 Å². The number of ether oxygens (including phenoxy) is 1. The number of hydrogen-bond acceptors (Lipinski definition) is 5. The van der Waals surface area contributed by atoms with Gasteiger partial charge in [-0.1, -0.05) is 34.4 Å². The molecule has 27 heavy (non-hydrogen) atoms. The maximum absolute atomic E-state index is 12.5. The average Bonchev–Trinajstić information content (AvgIpc) is 3.11. The van der Waals surface area contributed by atoms with Gasteiger partial charge in [-0.2, -0.15) is 0 Å². The fraction of sp³-hybridized carbons (Fsp3) is 0.500. The van der Waals surface area contributed by atoms with Crippen LogP contribution in [-0.2, 0) is 14.4 Å². The first-order valence-electron chi connectivity index (χ1n) is 8.43. The minimum atomic E-state index is -1.12. The molecule has 2 aliphatic rings. The van der Waals surface area contributed by atoms with Crippen molar-refractivity contribution in [2.75, 3.05) is 6.54 Å². The first kappa shape index (κ1) is 19.8. The third kappa shape index (κ3) is 3.99. The van der Waals surface area contributed by atoms with Crippen LogP contribution in [0.4, 0.5) is 4.79 Å². The second kappa shape index (κ2) is 6.87. The number of carboxylic acid groups (broad SMARTS) is 1. The molecule has 2 aliphatic heterocycles. The van der Waals surface area contributed by atoms with Gasteiger partial charge in [-0.15, -0.1) is 0 Å². The van der Waals surface area contributed by atoms with E-state index >= 15 is 0 Å². The van der Waals surface area contributed by atoms with Gasteiger partial charge >= 0.3 is 12.1 Å². The summed E-state index contributed by atoms with van der Waals surface area (Å²) in [5, 5.41) is 14.5. The minimum Gasteiger partial charge on any atom is -0.480 e. The molecule has 2 atom stereocenters. The molecular weight excluding hydrogens is 395 g/mol. The molecule has 146 valence electrons. The van der Waals surface area contributed by atoms with Gasteiger partial charge < -0.3 is 14.7 Å². The zero-order valence-corrected chi connectivity index (χ0v) is 16.7. The lowest BCUT2D eigenvalue weighted by Gasteiger charge is -2.27. The van der Waals surface area contributed by atoms with Gasteiger partial charge in [0.25, 0.3) is 0 Å². The molecule has 1 N–H and O–H groups in total. The molecule has 3 rings (SSSR count). The fourth-order valence-electron chi connectivity index (χ4n) is 3.30. The first-order chi connectivity index (χ1) is 12.5. The maximum Gasteiger partial charge on any atom is 0.411 e. The summed E-state index contributed by atoms with van der Waals surface area (Å²) in [6, 6.07) is 4.05. The van der Waals surface area contributed by atoms with E-state index in [1.54, 1.807) is 39.0 Å². The molecule has 1 spiro atoms. The van der Waals surface area contributed by atoms with Crippen LogP contribution in [-0.4, -0.2) is 51.6 Å². The number of rotatable bonds is 2. The summed E-state index contributed by atoms with van der Waals surface area (Å²) < 4.78 is 5.34. The maximum atomic E-state index is 12.5. The van der Waals surface area contributed by atoms with Gasteiger partial charge in [-0.05, 0) is 32.9 Å². The van der Waals surface area contributed by atoms with E-state index in [2.05, 4.69) is 5.16 Å². The highest BCUT2D eigenvalue weighted by Crippen LogP contribution is 2.41. The summed E-state index contributed by atoms with van der Waals surface area (Å²) >= 11 is 12.5. The van der Waals surface area contributed by atoms with Crippen molar-refractivity contribution >= 4 is 41.0 Å². The number of aliphatic carboxylic acids is 1. The molecule has 2 heterocycles. The van der Waals surface area contributed by atoms with E-state index in [0.717, 1.165) is 0 Å². The lowest BCUT2D eigenvalue weighted by molar-refractivity contribution is -0.142. The van der Waals surface area contributed by atoms with E-state index in [1.165, 1.54) is 4.90 Å². The molecule has 0 aliphatic carbocycles. The van der Waals surface area contributed by atoms with Crippen molar-refractivity contribution in [1.82, 2.24) is 4.90 Å². The third-order valence-corrected chi connectivity index (χ3v) is 5.03. The third-order valence-electron chi connectivity index (χ3n) is 4.40. The Bertz CT molecular complexity index is 800. The Morgan fingerprint density at radius 1 is 1.33 bits per heavy atom. The number of carbonyl (C=O) groups excluding carboxylic acids is 1. The van der Waals surface area contributed by atoms with Crippen LogP contribution < -0.4 is 0 Å². The number of halogens is 2. The summed E-state index contributed by atoms with van der Waals surface area (Å²) in [5.74, 6) is -1.12. The minimum absolute atomic E-state index is 0.0496.